The van der Waals surface area contributed by atoms with Crippen molar-refractivity contribution in [3.63, 3.8) is 0 Å². The highest BCUT2D eigenvalue weighted by molar-refractivity contribution is 7.47. The van der Waals surface area contributed by atoms with Crippen molar-refractivity contribution in [3.8, 4) is 0 Å². The summed E-state index contributed by atoms with van der Waals surface area (Å²) in [5.74, 6) is 1.00. The average molecular weight is 1480 g/mol. The zero-order chi connectivity index (χ0) is 74.6. The number of aliphatic hydroxyl groups is 1. The molecule has 0 aromatic carbocycles. The Balaban J connectivity index is 5.27. The lowest BCUT2D eigenvalue weighted by molar-refractivity contribution is -0.161. The van der Waals surface area contributed by atoms with Crippen molar-refractivity contribution in [1.29, 1.82) is 0 Å². The monoisotopic (exact) mass is 1480 g/mol. The molecule has 0 spiro atoms. The van der Waals surface area contributed by atoms with E-state index in [1.165, 1.54) is 225 Å². The van der Waals surface area contributed by atoms with E-state index in [0.29, 0.717) is 25.7 Å². The molecule has 101 heavy (non-hydrogen) atoms. The van der Waals surface area contributed by atoms with Crippen LogP contribution in [0.1, 0.15) is 421 Å². The molecule has 0 saturated carbocycles. The summed E-state index contributed by atoms with van der Waals surface area (Å²) >= 11 is 0. The van der Waals surface area contributed by atoms with Crippen LogP contribution in [0.3, 0.4) is 0 Å². The lowest BCUT2D eigenvalue weighted by Gasteiger charge is -2.21. The van der Waals surface area contributed by atoms with E-state index in [2.05, 4.69) is 55.4 Å². The van der Waals surface area contributed by atoms with Crippen LogP contribution in [0.5, 0.6) is 0 Å². The molecule has 600 valence electrons. The second-order valence-electron chi connectivity index (χ2n) is 31.4. The standard InChI is InChI=1S/C82H160O17P2/c1-72(2)58-50-42-34-26-18-14-10-9-11-17-21-32-40-48-56-64-81(86)98-77(68-92-79(84)62-54-46-38-30-20-16-13-12-15-19-27-35-43-51-59-73(3)4)70-96-100(88,89)94-66-76(83)67-95-101(90,91)97-71-78(99-82(87)65-57-49-41-33-25-23-29-37-45-53-61-75(7)8)69-93-80(85)63-55-47-39-31-24-22-28-36-44-52-60-74(5)6/h72-78,83H,9-71H2,1-8H3,(H,88,89)(H,90,91)/t76-,77-,78-/m1/s1. The Hall–Kier alpha value is -1.94. The summed E-state index contributed by atoms with van der Waals surface area (Å²) in [5.41, 5.74) is 0. The SMILES string of the molecule is CC(C)CCCCCCCCCCCCCCCCCC(=O)O[C@H](COC(=O)CCCCCCCCCCCCCCCCC(C)C)COP(=O)(O)OC[C@@H](O)COP(=O)(O)OC[C@@H](COC(=O)CCCCCCCCCCCCC(C)C)OC(=O)CCCCCCCCCCCCC(C)C. The van der Waals surface area contributed by atoms with Crippen LogP contribution in [0.4, 0.5) is 0 Å². The topological polar surface area (TPSA) is 237 Å². The van der Waals surface area contributed by atoms with Gasteiger partial charge in [0.15, 0.2) is 12.2 Å². The normalized spacial score (nSPS) is 14.0. The Labute approximate surface area is 619 Å². The number of ether oxygens (including phenoxy) is 4. The summed E-state index contributed by atoms with van der Waals surface area (Å²) in [6, 6.07) is 0. The van der Waals surface area contributed by atoms with Gasteiger partial charge < -0.3 is 33.8 Å². The molecule has 0 saturated heterocycles. The summed E-state index contributed by atoms with van der Waals surface area (Å²) in [6.45, 7) is 14.3. The third-order valence-corrected chi connectivity index (χ3v) is 21.0. The van der Waals surface area contributed by atoms with Crippen LogP contribution in [0.25, 0.3) is 0 Å². The largest absolute Gasteiger partial charge is 0.472 e. The van der Waals surface area contributed by atoms with E-state index in [9.17, 15) is 43.2 Å². The van der Waals surface area contributed by atoms with Gasteiger partial charge in [-0.1, -0.05) is 370 Å². The van der Waals surface area contributed by atoms with Crippen LogP contribution in [-0.2, 0) is 65.4 Å². The summed E-state index contributed by atoms with van der Waals surface area (Å²) < 4.78 is 68.8. The number of carbonyl (C=O) groups is 4. The van der Waals surface area contributed by atoms with Gasteiger partial charge in [0.05, 0.1) is 26.4 Å². The Morgan fingerprint density at radius 2 is 0.416 bits per heavy atom. The van der Waals surface area contributed by atoms with Gasteiger partial charge in [-0.25, -0.2) is 9.13 Å². The van der Waals surface area contributed by atoms with Crippen molar-refractivity contribution in [2.45, 2.75) is 440 Å². The lowest BCUT2D eigenvalue weighted by atomic mass is 10.0. The molecule has 0 rings (SSSR count). The first-order valence-electron chi connectivity index (χ1n) is 42.2. The Morgan fingerprint density at radius 3 is 0.614 bits per heavy atom. The van der Waals surface area contributed by atoms with E-state index >= 15 is 0 Å². The van der Waals surface area contributed by atoms with Gasteiger partial charge in [0.25, 0.3) is 0 Å². The zero-order valence-corrected chi connectivity index (χ0v) is 68.3. The van der Waals surface area contributed by atoms with Gasteiger partial charge in [0.2, 0.25) is 0 Å². The van der Waals surface area contributed by atoms with Gasteiger partial charge in [-0.15, -0.1) is 0 Å². The molecule has 0 aliphatic carbocycles. The van der Waals surface area contributed by atoms with Gasteiger partial charge in [-0.2, -0.15) is 0 Å². The van der Waals surface area contributed by atoms with E-state index in [1.807, 2.05) is 0 Å². The fraction of sp³-hybridized carbons (Fsp3) is 0.951. The number of esters is 4. The highest BCUT2D eigenvalue weighted by Gasteiger charge is 2.30. The van der Waals surface area contributed by atoms with Crippen molar-refractivity contribution in [2.24, 2.45) is 23.7 Å². The van der Waals surface area contributed by atoms with E-state index in [4.69, 9.17) is 37.0 Å². The number of unbranched alkanes of at least 4 members (excludes halogenated alkanes) is 45. The van der Waals surface area contributed by atoms with Crippen molar-refractivity contribution in [3.05, 3.63) is 0 Å². The molecule has 0 aliphatic rings. The number of aliphatic hydroxyl groups excluding tert-OH is 1. The molecule has 0 heterocycles. The minimum Gasteiger partial charge on any atom is -0.462 e. The number of carbonyl (C=O) groups excluding carboxylic acids is 4. The maximum absolute atomic E-state index is 13.1. The summed E-state index contributed by atoms with van der Waals surface area (Å²) in [6.07, 6.45) is 58.2. The molecule has 17 nitrogen and oxygen atoms in total. The highest BCUT2D eigenvalue weighted by atomic mass is 31.2. The first kappa shape index (κ1) is 99.1. The molecular formula is C82H160O17P2. The molecule has 19 heteroatoms. The zero-order valence-electron chi connectivity index (χ0n) is 66.5. The molecule has 0 amide bonds. The average Bonchev–Trinajstić information content (AvgIpc) is 0.924. The molecule has 0 aliphatic heterocycles. The van der Waals surface area contributed by atoms with E-state index in [1.54, 1.807) is 0 Å². The number of hydrogen-bond acceptors (Lipinski definition) is 15. The van der Waals surface area contributed by atoms with Crippen LogP contribution in [-0.4, -0.2) is 96.7 Å². The number of phosphoric ester groups is 2. The van der Waals surface area contributed by atoms with Crippen LogP contribution in [0, 0.1) is 23.7 Å². The molecule has 2 unspecified atom stereocenters. The van der Waals surface area contributed by atoms with Crippen LogP contribution >= 0.6 is 15.6 Å². The number of hydrogen-bond donors (Lipinski definition) is 3. The minimum atomic E-state index is -4.96. The highest BCUT2D eigenvalue weighted by Crippen LogP contribution is 2.45. The summed E-state index contributed by atoms with van der Waals surface area (Å²) in [7, 11) is -9.92. The van der Waals surface area contributed by atoms with Gasteiger partial charge in [-0.05, 0) is 49.4 Å². The summed E-state index contributed by atoms with van der Waals surface area (Å²) in [4.78, 5) is 73.1. The Morgan fingerprint density at radius 1 is 0.248 bits per heavy atom. The van der Waals surface area contributed by atoms with E-state index in [-0.39, 0.29) is 25.7 Å². The predicted octanol–water partition coefficient (Wildman–Crippen LogP) is 24.4. The van der Waals surface area contributed by atoms with Gasteiger partial charge in [-0.3, -0.25) is 37.3 Å². The van der Waals surface area contributed by atoms with Crippen molar-refractivity contribution in [1.82, 2.24) is 0 Å². The minimum absolute atomic E-state index is 0.106. The maximum Gasteiger partial charge on any atom is 0.472 e. The number of rotatable bonds is 79. The molecule has 0 fully saturated rings. The van der Waals surface area contributed by atoms with Crippen LogP contribution in [0.15, 0.2) is 0 Å². The maximum atomic E-state index is 13.1. The fourth-order valence-electron chi connectivity index (χ4n) is 12.6. The van der Waals surface area contributed by atoms with Crippen LogP contribution < -0.4 is 0 Å². The first-order chi connectivity index (χ1) is 48.6. The molecular weight excluding hydrogens is 1320 g/mol. The van der Waals surface area contributed by atoms with Gasteiger partial charge in [0.1, 0.15) is 19.3 Å². The molecule has 0 aromatic rings. The first-order valence-corrected chi connectivity index (χ1v) is 45.2. The predicted molar refractivity (Wildman–Crippen MR) is 414 cm³/mol. The van der Waals surface area contributed by atoms with Gasteiger partial charge >= 0.3 is 39.5 Å². The third-order valence-electron chi connectivity index (χ3n) is 19.1. The third kappa shape index (κ3) is 76.1. The smallest absolute Gasteiger partial charge is 0.462 e. The molecule has 0 bridgehead atoms. The van der Waals surface area contributed by atoms with Crippen molar-refractivity contribution in [2.75, 3.05) is 39.6 Å². The van der Waals surface area contributed by atoms with Gasteiger partial charge in [0, 0.05) is 25.7 Å². The van der Waals surface area contributed by atoms with E-state index in [0.717, 1.165) is 114 Å². The lowest BCUT2D eigenvalue weighted by Crippen LogP contribution is -2.30. The molecule has 5 atom stereocenters. The van der Waals surface area contributed by atoms with Crippen molar-refractivity contribution < 1.29 is 80.2 Å². The quantitative estimate of drug-likeness (QED) is 0.0222. The van der Waals surface area contributed by atoms with Crippen LogP contribution in [0.2, 0.25) is 0 Å². The van der Waals surface area contributed by atoms with E-state index < -0.39 is 97.5 Å². The fourth-order valence-corrected chi connectivity index (χ4v) is 14.2. The Kier molecular flexibility index (Phi) is 69.6. The molecule has 0 aromatic heterocycles. The summed E-state index contributed by atoms with van der Waals surface area (Å²) in [5, 5.41) is 10.7. The molecule has 3 N–H and O–H groups in total. The van der Waals surface area contributed by atoms with Crippen molar-refractivity contribution >= 4 is 39.5 Å². The Bertz CT molecular complexity index is 1970. The molecule has 0 radical (unpaired) electrons. The number of phosphoric acid groups is 2. The second-order valence-corrected chi connectivity index (χ2v) is 34.3. The second kappa shape index (κ2) is 71.0.